The van der Waals surface area contributed by atoms with E-state index in [0.29, 0.717) is 24.3 Å². The number of aromatic amines is 1. The molecule has 1 amide bonds. The zero-order valence-corrected chi connectivity index (χ0v) is 16.2. The largest absolute Gasteiger partial charge is 0.346 e. The van der Waals surface area contributed by atoms with Gasteiger partial charge in [-0.2, -0.15) is 9.40 Å². The van der Waals surface area contributed by atoms with Crippen molar-refractivity contribution in [3.05, 3.63) is 59.8 Å². The fourth-order valence-electron chi connectivity index (χ4n) is 3.54. The van der Waals surface area contributed by atoms with Gasteiger partial charge < -0.3 is 5.32 Å². The van der Waals surface area contributed by atoms with Crippen LogP contribution in [0.5, 0.6) is 0 Å². The highest BCUT2D eigenvalue weighted by atomic mass is 32.2. The molecule has 3 aromatic rings. The van der Waals surface area contributed by atoms with Gasteiger partial charge in [-0.3, -0.25) is 9.89 Å². The number of nitrogens with zero attached hydrogens (tertiary/aromatic N) is 2. The first kappa shape index (κ1) is 18.6. The van der Waals surface area contributed by atoms with Gasteiger partial charge in [0.25, 0.3) is 5.91 Å². The van der Waals surface area contributed by atoms with Crippen molar-refractivity contribution in [3.8, 4) is 0 Å². The summed E-state index contributed by atoms with van der Waals surface area (Å²) in [5, 5.41) is 10.5. The molecule has 0 aliphatic carbocycles. The summed E-state index contributed by atoms with van der Waals surface area (Å²) in [7, 11) is -3.57. The first-order valence-corrected chi connectivity index (χ1v) is 10.8. The minimum Gasteiger partial charge on any atom is -0.346 e. The number of carbonyl (C=O) groups excluding carboxylic acids is 1. The molecule has 1 aliphatic rings. The van der Waals surface area contributed by atoms with E-state index in [2.05, 4.69) is 15.5 Å². The SMILES string of the molecule is O=C(NCc1ccccc1S(=O)(=O)N1CCCCC1)c1n[nH]c2ccccc12. The zero-order chi connectivity index (χ0) is 19.6. The Morgan fingerprint density at radius 2 is 1.75 bits per heavy atom. The van der Waals surface area contributed by atoms with E-state index < -0.39 is 10.0 Å². The van der Waals surface area contributed by atoms with Gasteiger partial charge >= 0.3 is 0 Å². The summed E-state index contributed by atoms with van der Waals surface area (Å²) >= 11 is 0. The number of hydrogen-bond donors (Lipinski definition) is 2. The average molecular weight is 398 g/mol. The Kier molecular flexibility index (Phi) is 5.15. The number of benzene rings is 2. The standard InChI is InChI=1S/C20H22N4O3S/c25-20(19-16-9-3-4-10-17(16)22-23-19)21-14-15-8-2-5-11-18(15)28(26,27)24-12-6-1-7-13-24/h2-5,8-11H,1,6-7,12-14H2,(H,21,25)(H,22,23). The third-order valence-electron chi connectivity index (χ3n) is 5.03. The molecular weight excluding hydrogens is 376 g/mol. The molecule has 4 rings (SSSR count). The number of para-hydroxylation sites is 1. The molecule has 0 spiro atoms. The minimum atomic E-state index is -3.57. The van der Waals surface area contributed by atoms with Gasteiger partial charge in [-0.15, -0.1) is 0 Å². The number of carbonyl (C=O) groups is 1. The van der Waals surface area contributed by atoms with E-state index >= 15 is 0 Å². The number of nitrogens with one attached hydrogen (secondary N) is 2. The summed E-state index contributed by atoms with van der Waals surface area (Å²) in [6.07, 6.45) is 2.82. The van der Waals surface area contributed by atoms with Crippen LogP contribution in [0, 0.1) is 0 Å². The van der Waals surface area contributed by atoms with Crippen LogP contribution in [0.3, 0.4) is 0 Å². The number of fused-ring (bicyclic) bond motifs is 1. The van der Waals surface area contributed by atoms with Crippen molar-refractivity contribution < 1.29 is 13.2 Å². The zero-order valence-electron chi connectivity index (χ0n) is 15.4. The molecule has 28 heavy (non-hydrogen) atoms. The van der Waals surface area contributed by atoms with E-state index in [9.17, 15) is 13.2 Å². The van der Waals surface area contributed by atoms with E-state index in [1.165, 1.54) is 0 Å². The fraction of sp³-hybridized carbons (Fsp3) is 0.300. The Balaban J connectivity index is 1.55. The molecule has 0 radical (unpaired) electrons. The number of H-pyrrole nitrogens is 1. The first-order chi connectivity index (χ1) is 13.6. The van der Waals surface area contributed by atoms with Crippen LogP contribution in [0.1, 0.15) is 35.3 Å². The van der Waals surface area contributed by atoms with E-state index in [-0.39, 0.29) is 17.3 Å². The maximum Gasteiger partial charge on any atom is 0.272 e. The van der Waals surface area contributed by atoms with Crippen LogP contribution in [0.15, 0.2) is 53.4 Å². The van der Waals surface area contributed by atoms with Crippen LogP contribution in [0.2, 0.25) is 0 Å². The van der Waals surface area contributed by atoms with Gasteiger partial charge in [0.1, 0.15) is 0 Å². The Labute approximate surface area is 163 Å². The summed E-state index contributed by atoms with van der Waals surface area (Å²) in [5.74, 6) is -0.345. The van der Waals surface area contributed by atoms with Crippen molar-refractivity contribution in [1.82, 2.24) is 19.8 Å². The molecule has 1 fully saturated rings. The predicted molar refractivity (Wildman–Crippen MR) is 106 cm³/mol. The summed E-state index contributed by atoms with van der Waals surface area (Å²) in [4.78, 5) is 12.9. The van der Waals surface area contributed by atoms with Crippen molar-refractivity contribution in [1.29, 1.82) is 0 Å². The molecule has 0 bridgehead atoms. The summed E-state index contributed by atoms with van der Waals surface area (Å²) in [6.45, 7) is 1.20. The Hall–Kier alpha value is -2.71. The van der Waals surface area contributed by atoms with Crippen LogP contribution in [-0.2, 0) is 16.6 Å². The van der Waals surface area contributed by atoms with Gasteiger partial charge in [0.2, 0.25) is 10.0 Å². The molecule has 1 aliphatic heterocycles. The van der Waals surface area contributed by atoms with Gasteiger partial charge in [0, 0.05) is 25.0 Å². The smallest absolute Gasteiger partial charge is 0.272 e. The molecule has 0 saturated carbocycles. The van der Waals surface area contributed by atoms with E-state index in [0.717, 1.165) is 30.2 Å². The number of hydrogen-bond acceptors (Lipinski definition) is 4. The molecule has 7 nitrogen and oxygen atoms in total. The lowest BCUT2D eigenvalue weighted by atomic mass is 10.2. The van der Waals surface area contributed by atoms with Gasteiger partial charge in [0.15, 0.2) is 5.69 Å². The maximum absolute atomic E-state index is 13.1. The van der Waals surface area contributed by atoms with Gasteiger partial charge in [-0.05, 0) is 30.5 Å². The van der Waals surface area contributed by atoms with E-state index in [4.69, 9.17) is 0 Å². The van der Waals surface area contributed by atoms with Crippen LogP contribution in [0.4, 0.5) is 0 Å². The molecule has 0 unspecified atom stereocenters. The highest BCUT2D eigenvalue weighted by Gasteiger charge is 2.28. The second-order valence-electron chi connectivity index (χ2n) is 6.87. The quantitative estimate of drug-likeness (QED) is 0.691. The van der Waals surface area contributed by atoms with Crippen LogP contribution in [-0.4, -0.2) is 41.9 Å². The van der Waals surface area contributed by atoms with Crippen molar-refractivity contribution in [2.75, 3.05) is 13.1 Å². The van der Waals surface area contributed by atoms with Gasteiger partial charge in [-0.1, -0.05) is 42.8 Å². The van der Waals surface area contributed by atoms with Crippen LogP contribution < -0.4 is 5.32 Å². The van der Waals surface area contributed by atoms with Gasteiger partial charge in [-0.25, -0.2) is 8.42 Å². The number of amides is 1. The van der Waals surface area contributed by atoms with Crippen LogP contribution in [0.25, 0.3) is 10.9 Å². The lowest BCUT2D eigenvalue weighted by molar-refractivity contribution is 0.0947. The number of rotatable bonds is 5. The minimum absolute atomic E-state index is 0.114. The summed E-state index contributed by atoms with van der Waals surface area (Å²) in [6, 6.07) is 14.2. The van der Waals surface area contributed by atoms with Crippen molar-refractivity contribution in [2.24, 2.45) is 0 Å². The molecule has 1 aromatic heterocycles. The number of piperidine rings is 1. The molecule has 2 N–H and O–H groups in total. The van der Waals surface area contributed by atoms with Crippen LogP contribution >= 0.6 is 0 Å². The molecular formula is C20H22N4O3S. The molecule has 0 atom stereocenters. The third-order valence-corrected chi connectivity index (χ3v) is 7.03. The second kappa shape index (κ2) is 7.73. The van der Waals surface area contributed by atoms with Crippen molar-refractivity contribution >= 4 is 26.8 Å². The Bertz CT molecular complexity index is 1100. The Morgan fingerprint density at radius 3 is 2.57 bits per heavy atom. The Morgan fingerprint density at radius 1 is 1.04 bits per heavy atom. The van der Waals surface area contributed by atoms with Gasteiger partial charge in [0.05, 0.1) is 10.4 Å². The topological polar surface area (TPSA) is 95.2 Å². The fourth-order valence-corrected chi connectivity index (χ4v) is 5.28. The van der Waals surface area contributed by atoms with Crippen molar-refractivity contribution in [3.63, 3.8) is 0 Å². The lowest BCUT2D eigenvalue weighted by Crippen LogP contribution is -2.36. The lowest BCUT2D eigenvalue weighted by Gasteiger charge is -2.26. The van der Waals surface area contributed by atoms with E-state index in [1.807, 2.05) is 24.3 Å². The maximum atomic E-state index is 13.1. The highest BCUT2D eigenvalue weighted by Crippen LogP contribution is 2.24. The molecule has 2 aromatic carbocycles. The monoisotopic (exact) mass is 398 g/mol. The summed E-state index contributed by atoms with van der Waals surface area (Å²) < 4.78 is 27.6. The third kappa shape index (κ3) is 3.53. The first-order valence-electron chi connectivity index (χ1n) is 9.37. The molecule has 146 valence electrons. The normalized spacial score (nSPS) is 15.6. The predicted octanol–water partition coefficient (Wildman–Crippen LogP) is 2.67. The second-order valence-corrected chi connectivity index (χ2v) is 8.78. The molecule has 1 saturated heterocycles. The number of aromatic nitrogens is 2. The number of sulfonamides is 1. The molecule has 2 heterocycles. The van der Waals surface area contributed by atoms with Crippen molar-refractivity contribution in [2.45, 2.75) is 30.7 Å². The highest BCUT2D eigenvalue weighted by molar-refractivity contribution is 7.89. The van der Waals surface area contributed by atoms with E-state index in [1.54, 1.807) is 28.6 Å². The average Bonchev–Trinajstić information content (AvgIpc) is 3.17. The summed E-state index contributed by atoms with van der Waals surface area (Å²) in [5.41, 5.74) is 1.65. The molecule has 8 heteroatoms.